The first-order valence-corrected chi connectivity index (χ1v) is 5.84. The zero-order valence-electron chi connectivity index (χ0n) is 10.1. The minimum Gasteiger partial charge on any atom is -0.495 e. The van der Waals surface area contributed by atoms with Gasteiger partial charge in [-0.3, -0.25) is 0 Å². The molecule has 17 heavy (non-hydrogen) atoms. The molecule has 0 atom stereocenters. The number of nitrogens with two attached hydrogens (primary N) is 1. The Morgan fingerprint density at radius 3 is 2.59 bits per heavy atom. The van der Waals surface area contributed by atoms with E-state index in [4.69, 9.17) is 22.1 Å². The fraction of sp³-hybridized carbons (Fsp3) is 0.308. The molecule has 3 nitrogen and oxygen atoms in total. The van der Waals surface area contributed by atoms with Gasteiger partial charge in [0, 0.05) is 11.5 Å². The molecule has 1 heterocycles. The second-order valence-corrected chi connectivity index (χ2v) is 4.70. The molecule has 0 bridgehead atoms. The molecule has 0 aliphatic heterocycles. The number of rotatable bonds is 2. The van der Waals surface area contributed by atoms with Crippen molar-refractivity contribution in [2.75, 3.05) is 12.8 Å². The molecular weight excluding hydrogens is 236 g/mol. The van der Waals surface area contributed by atoms with Crippen LogP contribution >= 0.6 is 11.6 Å². The fourth-order valence-corrected chi connectivity index (χ4v) is 2.07. The van der Waals surface area contributed by atoms with Gasteiger partial charge >= 0.3 is 0 Å². The Balaban J connectivity index is 2.70. The normalized spacial score (nSPS) is 11.1. The lowest BCUT2D eigenvalue weighted by Crippen LogP contribution is -2.00. The summed E-state index contributed by atoms with van der Waals surface area (Å²) in [4.78, 5) is 4.39. The SMILES string of the molecule is COc1cc2nc(N)c(C(C)C)cc2cc1Cl. The Morgan fingerprint density at radius 2 is 2.00 bits per heavy atom. The maximum atomic E-state index is 6.09. The number of methoxy groups -OCH3 is 1. The first-order chi connectivity index (χ1) is 8.02. The summed E-state index contributed by atoms with van der Waals surface area (Å²) in [7, 11) is 1.58. The van der Waals surface area contributed by atoms with Gasteiger partial charge in [0.25, 0.3) is 0 Å². The van der Waals surface area contributed by atoms with Crippen LogP contribution in [0, 0.1) is 0 Å². The van der Waals surface area contributed by atoms with E-state index in [1.54, 1.807) is 13.2 Å². The Bertz CT molecular complexity index is 567. The van der Waals surface area contributed by atoms with Crippen molar-refractivity contribution in [1.82, 2.24) is 4.98 Å². The molecule has 0 saturated carbocycles. The van der Waals surface area contributed by atoms with E-state index in [1.807, 2.05) is 12.1 Å². The molecule has 0 spiro atoms. The average Bonchev–Trinajstić information content (AvgIpc) is 2.27. The molecule has 0 aliphatic rings. The summed E-state index contributed by atoms with van der Waals surface area (Å²) < 4.78 is 5.16. The van der Waals surface area contributed by atoms with Crippen molar-refractivity contribution in [2.24, 2.45) is 0 Å². The predicted molar refractivity (Wildman–Crippen MR) is 71.8 cm³/mol. The summed E-state index contributed by atoms with van der Waals surface area (Å²) in [5, 5.41) is 1.56. The van der Waals surface area contributed by atoms with Gasteiger partial charge in [0.05, 0.1) is 17.6 Å². The summed E-state index contributed by atoms with van der Waals surface area (Å²) in [6, 6.07) is 5.69. The third kappa shape index (κ3) is 2.15. The quantitative estimate of drug-likeness (QED) is 0.886. The van der Waals surface area contributed by atoms with Crippen molar-refractivity contribution >= 4 is 28.3 Å². The standard InChI is InChI=1S/C13H15ClN2O/c1-7(2)9-4-8-5-10(14)12(17-3)6-11(8)16-13(9)15/h4-7H,1-3H3,(H2,15,16). The van der Waals surface area contributed by atoms with E-state index in [-0.39, 0.29) is 0 Å². The summed E-state index contributed by atoms with van der Waals surface area (Å²) in [5.41, 5.74) is 7.77. The smallest absolute Gasteiger partial charge is 0.139 e. The summed E-state index contributed by atoms with van der Waals surface area (Å²) >= 11 is 6.09. The predicted octanol–water partition coefficient (Wildman–Crippen LogP) is 3.60. The minimum atomic E-state index is 0.341. The van der Waals surface area contributed by atoms with E-state index in [0.29, 0.717) is 22.5 Å². The minimum absolute atomic E-state index is 0.341. The van der Waals surface area contributed by atoms with Gasteiger partial charge in [-0.05, 0) is 23.6 Å². The van der Waals surface area contributed by atoms with Crippen LogP contribution in [0.3, 0.4) is 0 Å². The molecule has 90 valence electrons. The first kappa shape index (κ1) is 12.0. The van der Waals surface area contributed by atoms with Crippen molar-refractivity contribution in [3.05, 3.63) is 28.8 Å². The maximum absolute atomic E-state index is 6.09. The molecule has 1 aromatic heterocycles. The van der Waals surface area contributed by atoms with Crippen LogP contribution in [0.1, 0.15) is 25.3 Å². The van der Waals surface area contributed by atoms with Crippen LogP contribution in [0.5, 0.6) is 5.75 Å². The van der Waals surface area contributed by atoms with E-state index >= 15 is 0 Å². The molecule has 0 aliphatic carbocycles. The van der Waals surface area contributed by atoms with Gasteiger partial charge in [-0.25, -0.2) is 4.98 Å². The summed E-state index contributed by atoms with van der Waals surface area (Å²) in [6.07, 6.45) is 0. The lowest BCUT2D eigenvalue weighted by atomic mass is 10.0. The van der Waals surface area contributed by atoms with Crippen LogP contribution < -0.4 is 10.5 Å². The Hall–Kier alpha value is -1.48. The number of benzene rings is 1. The number of pyridine rings is 1. The number of hydrogen-bond acceptors (Lipinski definition) is 3. The molecule has 0 saturated heterocycles. The molecule has 0 amide bonds. The van der Waals surface area contributed by atoms with Gasteiger partial charge in [-0.15, -0.1) is 0 Å². The second kappa shape index (κ2) is 4.41. The molecule has 0 fully saturated rings. The average molecular weight is 251 g/mol. The van der Waals surface area contributed by atoms with Crippen molar-refractivity contribution < 1.29 is 4.74 Å². The molecular formula is C13H15ClN2O. The number of nitrogen functional groups attached to an aromatic ring is 1. The van der Waals surface area contributed by atoms with Crippen molar-refractivity contribution in [2.45, 2.75) is 19.8 Å². The highest BCUT2D eigenvalue weighted by atomic mass is 35.5. The third-order valence-corrected chi connectivity index (χ3v) is 3.07. The highest BCUT2D eigenvalue weighted by Gasteiger charge is 2.10. The Labute approximate surface area is 106 Å². The highest BCUT2D eigenvalue weighted by Crippen LogP contribution is 2.32. The summed E-state index contributed by atoms with van der Waals surface area (Å²) in [5.74, 6) is 1.52. The van der Waals surface area contributed by atoms with Crippen LogP contribution in [-0.4, -0.2) is 12.1 Å². The van der Waals surface area contributed by atoms with Gasteiger partial charge < -0.3 is 10.5 Å². The first-order valence-electron chi connectivity index (χ1n) is 5.46. The van der Waals surface area contributed by atoms with E-state index < -0.39 is 0 Å². The number of nitrogens with zero attached hydrogens (tertiary/aromatic N) is 1. The van der Waals surface area contributed by atoms with E-state index in [2.05, 4.69) is 18.8 Å². The molecule has 2 N–H and O–H groups in total. The van der Waals surface area contributed by atoms with Crippen LogP contribution in [0.15, 0.2) is 18.2 Å². The zero-order valence-corrected chi connectivity index (χ0v) is 10.9. The number of ether oxygens (including phenoxy) is 1. The van der Waals surface area contributed by atoms with Crippen LogP contribution in [0.4, 0.5) is 5.82 Å². The zero-order chi connectivity index (χ0) is 12.6. The molecule has 2 rings (SSSR count). The molecule has 1 aromatic carbocycles. The van der Waals surface area contributed by atoms with Crippen molar-refractivity contribution in [3.8, 4) is 5.75 Å². The lowest BCUT2D eigenvalue weighted by molar-refractivity contribution is 0.415. The van der Waals surface area contributed by atoms with E-state index in [1.165, 1.54) is 0 Å². The monoisotopic (exact) mass is 250 g/mol. The topological polar surface area (TPSA) is 48.1 Å². The molecule has 2 aromatic rings. The van der Waals surface area contributed by atoms with Gasteiger partial charge in [-0.1, -0.05) is 25.4 Å². The number of aromatic nitrogens is 1. The molecule has 0 radical (unpaired) electrons. The Kier molecular flexibility index (Phi) is 3.11. The third-order valence-electron chi connectivity index (χ3n) is 2.77. The van der Waals surface area contributed by atoms with Gasteiger partial charge in [0.1, 0.15) is 11.6 Å². The number of hydrogen-bond donors (Lipinski definition) is 1. The number of anilines is 1. The Morgan fingerprint density at radius 1 is 1.29 bits per heavy atom. The highest BCUT2D eigenvalue weighted by molar-refractivity contribution is 6.32. The van der Waals surface area contributed by atoms with Gasteiger partial charge in [-0.2, -0.15) is 0 Å². The van der Waals surface area contributed by atoms with Gasteiger partial charge in [0.2, 0.25) is 0 Å². The van der Waals surface area contributed by atoms with Gasteiger partial charge in [0.15, 0.2) is 0 Å². The van der Waals surface area contributed by atoms with Crippen molar-refractivity contribution in [1.29, 1.82) is 0 Å². The van der Waals surface area contributed by atoms with Crippen LogP contribution in [0.25, 0.3) is 10.9 Å². The fourth-order valence-electron chi connectivity index (χ4n) is 1.83. The second-order valence-electron chi connectivity index (χ2n) is 4.30. The molecule has 4 heteroatoms. The van der Waals surface area contributed by atoms with Crippen LogP contribution in [0.2, 0.25) is 5.02 Å². The van der Waals surface area contributed by atoms with E-state index in [9.17, 15) is 0 Å². The lowest BCUT2D eigenvalue weighted by Gasteiger charge is -2.11. The maximum Gasteiger partial charge on any atom is 0.139 e. The van der Waals surface area contributed by atoms with Crippen molar-refractivity contribution in [3.63, 3.8) is 0 Å². The largest absolute Gasteiger partial charge is 0.495 e. The molecule has 0 unspecified atom stereocenters. The number of halogens is 1. The summed E-state index contributed by atoms with van der Waals surface area (Å²) in [6.45, 7) is 4.18. The number of fused-ring (bicyclic) bond motifs is 1. The van der Waals surface area contributed by atoms with E-state index in [0.717, 1.165) is 16.5 Å². The van der Waals surface area contributed by atoms with Crippen LogP contribution in [-0.2, 0) is 0 Å².